The highest BCUT2D eigenvalue weighted by molar-refractivity contribution is 6.32. The van der Waals surface area contributed by atoms with Gasteiger partial charge < -0.3 is 10.2 Å². The molecule has 28 heavy (non-hydrogen) atoms. The quantitative estimate of drug-likeness (QED) is 0.653. The van der Waals surface area contributed by atoms with Crippen molar-refractivity contribution in [2.24, 2.45) is 0 Å². The first-order chi connectivity index (χ1) is 13.6. The van der Waals surface area contributed by atoms with Crippen LogP contribution in [-0.4, -0.2) is 22.3 Å². The maximum atomic E-state index is 13.0. The molecule has 0 radical (unpaired) electrons. The van der Waals surface area contributed by atoms with Gasteiger partial charge in [0.25, 0.3) is 5.91 Å². The van der Waals surface area contributed by atoms with Crippen molar-refractivity contribution < 1.29 is 4.79 Å². The number of nitrogens with zero attached hydrogens (tertiary/aromatic N) is 2. The Morgan fingerprint density at radius 1 is 1.11 bits per heavy atom. The molecule has 0 saturated carbocycles. The van der Waals surface area contributed by atoms with E-state index in [-0.39, 0.29) is 5.91 Å². The molecule has 5 heteroatoms. The first-order valence-corrected chi connectivity index (χ1v) is 9.79. The molecule has 0 spiro atoms. The summed E-state index contributed by atoms with van der Waals surface area (Å²) in [6, 6.07) is 16.0. The van der Waals surface area contributed by atoms with Gasteiger partial charge in [-0.05, 0) is 53.8 Å². The molecule has 1 aliphatic rings. The van der Waals surface area contributed by atoms with Crippen molar-refractivity contribution in [3.05, 3.63) is 93.8 Å². The number of aryl methyl sites for hydroxylation is 1. The summed E-state index contributed by atoms with van der Waals surface area (Å²) in [4.78, 5) is 19.0. The molecule has 0 fully saturated rings. The molecule has 1 aromatic heterocycles. The summed E-state index contributed by atoms with van der Waals surface area (Å²) >= 11 is 6.41. The molecule has 2 heterocycles. The molecule has 2 aromatic carbocycles. The van der Waals surface area contributed by atoms with Crippen molar-refractivity contribution in [1.29, 1.82) is 0 Å². The van der Waals surface area contributed by atoms with Gasteiger partial charge in [0, 0.05) is 42.7 Å². The molecule has 4 nitrogen and oxygen atoms in total. The number of rotatable bonds is 6. The first-order valence-electron chi connectivity index (χ1n) is 9.41. The average molecular weight is 392 g/mol. The summed E-state index contributed by atoms with van der Waals surface area (Å²) in [6.45, 7) is 3.96. The van der Waals surface area contributed by atoms with Crippen LogP contribution in [0.5, 0.6) is 0 Å². The third kappa shape index (κ3) is 3.73. The molecule has 0 unspecified atom stereocenters. The topological polar surface area (TPSA) is 45.2 Å². The number of carbonyl (C=O) groups is 1. The smallest absolute Gasteiger partial charge is 0.256 e. The van der Waals surface area contributed by atoms with Gasteiger partial charge >= 0.3 is 0 Å². The zero-order valence-electron chi connectivity index (χ0n) is 15.8. The third-order valence-corrected chi connectivity index (χ3v) is 5.71. The van der Waals surface area contributed by atoms with Crippen LogP contribution in [0.2, 0.25) is 5.02 Å². The number of hydrogen-bond acceptors (Lipinski definition) is 3. The van der Waals surface area contributed by atoms with Crippen LogP contribution in [0.25, 0.3) is 0 Å². The van der Waals surface area contributed by atoms with Crippen molar-refractivity contribution in [2.45, 2.75) is 26.4 Å². The highest BCUT2D eigenvalue weighted by Gasteiger charge is 2.29. The largest absolute Gasteiger partial charge is 0.380 e. The Morgan fingerprint density at radius 2 is 1.89 bits per heavy atom. The summed E-state index contributed by atoms with van der Waals surface area (Å²) in [5, 5.41) is 4.20. The number of pyridine rings is 1. The Morgan fingerprint density at radius 3 is 2.71 bits per heavy atom. The predicted octanol–water partition coefficient (Wildman–Crippen LogP) is 4.85. The lowest BCUT2D eigenvalue weighted by atomic mass is 10.1. The minimum absolute atomic E-state index is 0.0802. The Kier molecular flexibility index (Phi) is 5.31. The van der Waals surface area contributed by atoms with Crippen LogP contribution in [0.4, 0.5) is 5.69 Å². The van der Waals surface area contributed by atoms with Gasteiger partial charge in [0.2, 0.25) is 0 Å². The second-order valence-corrected chi connectivity index (χ2v) is 7.45. The summed E-state index contributed by atoms with van der Waals surface area (Å²) in [5.41, 5.74) is 6.02. The summed E-state index contributed by atoms with van der Waals surface area (Å²) < 4.78 is 0. The third-order valence-electron chi connectivity index (χ3n) is 5.17. The predicted molar refractivity (Wildman–Crippen MR) is 113 cm³/mol. The number of halogens is 1. The van der Waals surface area contributed by atoms with E-state index in [9.17, 15) is 4.79 Å². The Labute approximate surface area is 170 Å². The highest BCUT2D eigenvalue weighted by atomic mass is 35.5. The molecule has 0 atom stereocenters. The van der Waals surface area contributed by atoms with Gasteiger partial charge in [-0.25, -0.2) is 0 Å². The maximum absolute atomic E-state index is 13.0. The molecular weight excluding hydrogens is 370 g/mol. The van der Waals surface area contributed by atoms with E-state index >= 15 is 0 Å². The van der Waals surface area contributed by atoms with Crippen molar-refractivity contribution in [3.63, 3.8) is 0 Å². The highest BCUT2D eigenvalue weighted by Crippen LogP contribution is 2.30. The monoisotopic (exact) mass is 391 g/mol. The molecule has 1 N–H and O–H groups in total. The second kappa shape index (κ2) is 8.03. The molecule has 0 bridgehead atoms. The van der Waals surface area contributed by atoms with E-state index in [2.05, 4.69) is 10.3 Å². The van der Waals surface area contributed by atoms with Crippen LogP contribution >= 0.6 is 11.6 Å². The lowest BCUT2D eigenvalue weighted by molar-refractivity contribution is 0.0781. The van der Waals surface area contributed by atoms with E-state index in [0.717, 1.165) is 44.9 Å². The fourth-order valence-electron chi connectivity index (χ4n) is 3.60. The summed E-state index contributed by atoms with van der Waals surface area (Å²) in [6.07, 6.45) is 4.30. The lowest BCUT2D eigenvalue weighted by Gasteiger charge is -2.17. The van der Waals surface area contributed by atoms with Crippen molar-refractivity contribution in [1.82, 2.24) is 9.88 Å². The van der Waals surface area contributed by atoms with E-state index in [4.69, 9.17) is 11.6 Å². The molecule has 0 aliphatic carbocycles. The van der Waals surface area contributed by atoms with E-state index in [1.54, 1.807) is 12.4 Å². The van der Waals surface area contributed by atoms with E-state index in [1.807, 2.05) is 60.4 Å². The molecule has 1 aliphatic heterocycles. The van der Waals surface area contributed by atoms with Crippen LogP contribution in [-0.2, 0) is 19.5 Å². The summed E-state index contributed by atoms with van der Waals surface area (Å²) in [5.74, 6) is 0.0802. The summed E-state index contributed by atoms with van der Waals surface area (Å²) in [7, 11) is 0. The number of hydrogen-bond donors (Lipinski definition) is 1. The Balaban J connectivity index is 1.47. The van der Waals surface area contributed by atoms with Crippen LogP contribution in [0.15, 0.2) is 60.9 Å². The molecule has 142 valence electrons. The Hall–Kier alpha value is -2.85. The van der Waals surface area contributed by atoms with Crippen molar-refractivity contribution in [3.8, 4) is 0 Å². The molecule has 1 amide bonds. The minimum atomic E-state index is 0.0802. The van der Waals surface area contributed by atoms with Gasteiger partial charge in [-0.3, -0.25) is 9.78 Å². The SMILES string of the molecule is Cc1cccc(CCN2Cc3cccc(NCc4ccncc4)c3C2=O)c1Cl. The number of carbonyl (C=O) groups excluding carboxylic acids is 1. The molecule has 4 rings (SSSR count). The van der Waals surface area contributed by atoms with E-state index in [1.165, 1.54) is 0 Å². The van der Waals surface area contributed by atoms with Crippen LogP contribution < -0.4 is 5.32 Å². The number of nitrogens with one attached hydrogen (secondary N) is 1. The zero-order chi connectivity index (χ0) is 19.5. The van der Waals surface area contributed by atoms with E-state index < -0.39 is 0 Å². The number of benzene rings is 2. The van der Waals surface area contributed by atoms with Crippen LogP contribution in [0, 0.1) is 6.92 Å². The van der Waals surface area contributed by atoms with Gasteiger partial charge in [0.15, 0.2) is 0 Å². The Bertz CT molecular complexity index is 1000. The molecule has 0 saturated heterocycles. The number of aromatic nitrogens is 1. The first kappa shape index (κ1) is 18.5. The van der Waals surface area contributed by atoms with E-state index in [0.29, 0.717) is 19.6 Å². The minimum Gasteiger partial charge on any atom is -0.380 e. The molecular formula is C23H22ClN3O. The van der Waals surface area contributed by atoms with Crippen LogP contribution in [0.1, 0.15) is 32.6 Å². The fraction of sp³-hybridized carbons (Fsp3) is 0.217. The van der Waals surface area contributed by atoms with Crippen LogP contribution in [0.3, 0.4) is 0 Å². The normalized spacial score (nSPS) is 12.9. The van der Waals surface area contributed by atoms with Gasteiger partial charge in [-0.1, -0.05) is 41.9 Å². The molecule has 3 aromatic rings. The van der Waals surface area contributed by atoms with Gasteiger partial charge in [0.1, 0.15) is 0 Å². The number of anilines is 1. The maximum Gasteiger partial charge on any atom is 0.256 e. The zero-order valence-corrected chi connectivity index (χ0v) is 16.5. The van der Waals surface area contributed by atoms with Crippen molar-refractivity contribution >= 4 is 23.2 Å². The number of amides is 1. The van der Waals surface area contributed by atoms with Crippen molar-refractivity contribution in [2.75, 3.05) is 11.9 Å². The number of fused-ring (bicyclic) bond motifs is 1. The average Bonchev–Trinajstić information content (AvgIpc) is 3.05. The van der Waals surface area contributed by atoms with Gasteiger partial charge in [-0.15, -0.1) is 0 Å². The standard InChI is InChI=1S/C23H22ClN3O/c1-16-4-2-5-18(22(16)24)10-13-27-15-19-6-3-7-20(21(19)23(27)28)26-14-17-8-11-25-12-9-17/h2-9,11-12,26H,10,13-15H2,1H3. The second-order valence-electron chi connectivity index (χ2n) is 7.07. The fourth-order valence-corrected chi connectivity index (χ4v) is 3.82. The lowest BCUT2D eigenvalue weighted by Crippen LogP contribution is -2.26. The van der Waals surface area contributed by atoms with Gasteiger partial charge in [0.05, 0.1) is 5.56 Å². The van der Waals surface area contributed by atoms with Gasteiger partial charge in [-0.2, -0.15) is 0 Å².